The lowest BCUT2D eigenvalue weighted by molar-refractivity contribution is 0.411. The number of benzene rings is 1. The predicted octanol–water partition coefficient (Wildman–Crippen LogP) is 4.06. The Balaban J connectivity index is 1.70. The van der Waals surface area contributed by atoms with E-state index in [1.165, 1.54) is 40.9 Å². The molecule has 0 saturated carbocycles. The summed E-state index contributed by atoms with van der Waals surface area (Å²) in [5.41, 5.74) is 5.40. The van der Waals surface area contributed by atoms with Gasteiger partial charge in [-0.15, -0.1) is 0 Å². The predicted molar refractivity (Wildman–Crippen MR) is 77.1 cm³/mol. The largest absolute Gasteiger partial charge is 0.469 e. The van der Waals surface area contributed by atoms with Crippen LogP contribution in [0.25, 0.3) is 0 Å². The van der Waals surface area contributed by atoms with Gasteiger partial charge in [0.05, 0.1) is 6.26 Å². The number of hydrogen-bond acceptors (Lipinski definition) is 2. The van der Waals surface area contributed by atoms with E-state index in [9.17, 15) is 0 Å². The Labute approximate surface area is 114 Å². The Hall–Kier alpha value is -1.54. The molecule has 100 valence electrons. The fraction of sp³-hybridized carbons (Fsp3) is 0.412. The van der Waals surface area contributed by atoms with Crippen LogP contribution in [0.4, 0.5) is 0 Å². The molecule has 2 aromatic rings. The van der Waals surface area contributed by atoms with Crippen molar-refractivity contribution in [1.82, 2.24) is 5.32 Å². The number of hydrogen-bond donors (Lipinski definition) is 1. The van der Waals surface area contributed by atoms with Crippen molar-refractivity contribution in [2.45, 2.75) is 45.7 Å². The fourth-order valence-corrected chi connectivity index (χ4v) is 3.11. The van der Waals surface area contributed by atoms with Crippen LogP contribution < -0.4 is 5.32 Å². The second kappa shape index (κ2) is 5.22. The lowest BCUT2D eigenvalue weighted by Crippen LogP contribution is -2.24. The third-order valence-corrected chi connectivity index (χ3v) is 3.89. The van der Waals surface area contributed by atoms with Crippen LogP contribution in [0.5, 0.6) is 0 Å². The van der Waals surface area contributed by atoms with E-state index in [2.05, 4.69) is 43.4 Å². The van der Waals surface area contributed by atoms with Gasteiger partial charge in [-0.1, -0.05) is 29.3 Å². The van der Waals surface area contributed by atoms with Gasteiger partial charge in [-0.3, -0.25) is 0 Å². The smallest absolute Gasteiger partial charge is 0.108 e. The molecule has 0 radical (unpaired) electrons. The number of nitrogens with one attached hydrogen (secondary N) is 1. The molecule has 2 nitrogen and oxygen atoms in total. The zero-order chi connectivity index (χ0) is 13.2. The topological polar surface area (TPSA) is 25.2 Å². The van der Waals surface area contributed by atoms with Crippen molar-refractivity contribution in [2.24, 2.45) is 0 Å². The molecule has 0 bridgehead atoms. The van der Waals surface area contributed by atoms with Crippen molar-refractivity contribution in [2.75, 3.05) is 0 Å². The van der Waals surface area contributed by atoms with Gasteiger partial charge < -0.3 is 9.73 Å². The first-order valence-corrected chi connectivity index (χ1v) is 7.09. The van der Waals surface area contributed by atoms with Crippen LogP contribution in [0.1, 0.15) is 46.9 Å². The van der Waals surface area contributed by atoms with Crippen LogP contribution in [-0.2, 0) is 13.0 Å². The van der Waals surface area contributed by atoms with E-state index in [4.69, 9.17) is 4.42 Å². The minimum absolute atomic E-state index is 0.448. The maximum absolute atomic E-state index is 5.54. The summed E-state index contributed by atoms with van der Waals surface area (Å²) >= 11 is 0. The highest BCUT2D eigenvalue weighted by atomic mass is 16.3. The van der Waals surface area contributed by atoms with Gasteiger partial charge in [-0.25, -0.2) is 0 Å². The van der Waals surface area contributed by atoms with Gasteiger partial charge in [0.1, 0.15) is 5.76 Å². The Morgan fingerprint density at radius 3 is 2.79 bits per heavy atom. The highest BCUT2D eigenvalue weighted by Crippen LogP contribution is 2.30. The first kappa shape index (κ1) is 12.5. The fourth-order valence-electron chi connectivity index (χ4n) is 3.11. The van der Waals surface area contributed by atoms with Crippen LogP contribution >= 0.6 is 0 Å². The highest BCUT2D eigenvalue weighted by molar-refractivity contribution is 5.29. The van der Waals surface area contributed by atoms with Gasteiger partial charge in [-0.05, 0) is 38.3 Å². The molecular formula is C17H21NO. The standard InChI is InChI=1S/C17H21NO/c1-12-8-13(2)10-14(9-12)11-18-16-4-3-5-17-15(16)6-7-19-17/h6-10,16,18H,3-5,11H2,1-2H3. The summed E-state index contributed by atoms with van der Waals surface area (Å²) in [5.74, 6) is 1.17. The molecule has 1 N–H and O–H groups in total. The molecule has 19 heavy (non-hydrogen) atoms. The zero-order valence-corrected chi connectivity index (χ0v) is 11.7. The summed E-state index contributed by atoms with van der Waals surface area (Å²) in [6, 6.07) is 9.31. The van der Waals surface area contributed by atoms with Crippen LogP contribution in [0.2, 0.25) is 0 Å². The van der Waals surface area contributed by atoms with E-state index < -0.39 is 0 Å². The number of fused-ring (bicyclic) bond motifs is 1. The molecule has 0 spiro atoms. The number of aryl methyl sites for hydroxylation is 3. The average Bonchev–Trinajstić information content (AvgIpc) is 2.83. The molecule has 1 atom stereocenters. The van der Waals surface area contributed by atoms with Gasteiger partial charge >= 0.3 is 0 Å². The molecule has 1 heterocycles. The number of furan rings is 1. The van der Waals surface area contributed by atoms with Gasteiger partial charge in [0.15, 0.2) is 0 Å². The molecule has 1 aromatic carbocycles. The Bertz CT molecular complexity index is 550. The lowest BCUT2D eigenvalue weighted by Gasteiger charge is -2.23. The minimum Gasteiger partial charge on any atom is -0.469 e. The van der Waals surface area contributed by atoms with E-state index >= 15 is 0 Å². The summed E-state index contributed by atoms with van der Waals surface area (Å²) in [6.45, 7) is 5.24. The molecule has 3 rings (SSSR count). The van der Waals surface area contributed by atoms with E-state index in [1.54, 1.807) is 0 Å². The van der Waals surface area contributed by atoms with E-state index in [0.717, 1.165) is 13.0 Å². The lowest BCUT2D eigenvalue weighted by atomic mass is 9.93. The van der Waals surface area contributed by atoms with Gasteiger partial charge in [-0.2, -0.15) is 0 Å². The number of rotatable bonds is 3. The van der Waals surface area contributed by atoms with Gasteiger partial charge in [0.25, 0.3) is 0 Å². The summed E-state index contributed by atoms with van der Waals surface area (Å²) in [7, 11) is 0. The second-order valence-electron chi connectivity index (χ2n) is 5.62. The molecule has 0 fully saturated rings. The summed E-state index contributed by atoms with van der Waals surface area (Å²) in [6.07, 6.45) is 5.33. The maximum atomic E-state index is 5.54. The molecular weight excluding hydrogens is 234 g/mol. The normalized spacial score (nSPS) is 18.3. The first-order chi connectivity index (χ1) is 9.22. The van der Waals surface area contributed by atoms with E-state index in [0.29, 0.717) is 6.04 Å². The molecule has 1 unspecified atom stereocenters. The Kier molecular flexibility index (Phi) is 3.43. The Morgan fingerprint density at radius 1 is 1.21 bits per heavy atom. The average molecular weight is 255 g/mol. The molecule has 0 aliphatic heterocycles. The highest BCUT2D eigenvalue weighted by Gasteiger charge is 2.21. The summed E-state index contributed by atoms with van der Waals surface area (Å²) < 4.78 is 5.54. The molecule has 0 saturated heterocycles. The monoisotopic (exact) mass is 255 g/mol. The zero-order valence-electron chi connectivity index (χ0n) is 11.7. The van der Waals surface area contributed by atoms with Crippen molar-refractivity contribution in [1.29, 1.82) is 0 Å². The van der Waals surface area contributed by atoms with Crippen molar-refractivity contribution in [3.8, 4) is 0 Å². The minimum atomic E-state index is 0.448. The molecule has 2 heteroatoms. The maximum Gasteiger partial charge on any atom is 0.108 e. The van der Waals surface area contributed by atoms with Crippen molar-refractivity contribution in [3.05, 3.63) is 58.5 Å². The third kappa shape index (κ3) is 2.74. The van der Waals surface area contributed by atoms with Crippen LogP contribution in [-0.4, -0.2) is 0 Å². The summed E-state index contributed by atoms with van der Waals surface area (Å²) in [4.78, 5) is 0. The van der Waals surface area contributed by atoms with Crippen LogP contribution in [0, 0.1) is 13.8 Å². The quantitative estimate of drug-likeness (QED) is 0.894. The van der Waals surface area contributed by atoms with E-state index in [-0.39, 0.29) is 0 Å². The van der Waals surface area contributed by atoms with Crippen LogP contribution in [0.3, 0.4) is 0 Å². The summed E-state index contributed by atoms with van der Waals surface area (Å²) in [5, 5.41) is 3.67. The van der Waals surface area contributed by atoms with Gasteiger partial charge in [0, 0.05) is 24.6 Å². The van der Waals surface area contributed by atoms with Crippen molar-refractivity contribution in [3.63, 3.8) is 0 Å². The second-order valence-corrected chi connectivity index (χ2v) is 5.62. The first-order valence-electron chi connectivity index (χ1n) is 7.09. The van der Waals surface area contributed by atoms with Gasteiger partial charge in [0.2, 0.25) is 0 Å². The molecule has 1 aliphatic rings. The van der Waals surface area contributed by atoms with Crippen LogP contribution in [0.15, 0.2) is 34.9 Å². The molecule has 1 aliphatic carbocycles. The van der Waals surface area contributed by atoms with Crippen molar-refractivity contribution >= 4 is 0 Å². The molecule has 1 aromatic heterocycles. The van der Waals surface area contributed by atoms with E-state index in [1.807, 2.05) is 6.26 Å². The molecule has 0 amide bonds. The van der Waals surface area contributed by atoms with Crippen molar-refractivity contribution < 1.29 is 4.42 Å². The third-order valence-electron chi connectivity index (χ3n) is 3.89. The SMILES string of the molecule is Cc1cc(C)cc(CNC2CCCc3occc32)c1. The Morgan fingerprint density at radius 2 is 2.00 bits per heavy atom.